The van der Waals surface area contributed by atoms with Gasteiger partial charge in [-0.2, -0.15) is 0 Å². The summed E-state index contributed by atoms with van der Waals surface area (Å²) in [6, 6.07) is 5.06. The molecule has 2 aromatic rings. The second-order valence-corrected chi connectivity index (χ2v) is 8.26. The Bertz CT molecular complexity index is 1010. The molecule has 0 bridgehead atoms. The highest BCUT2D eigenvalue weighted by Crippen LogP contribution is 2.44. The van der Waals surface area contributed by atoms with E-state index in [0.717, 1.165) is 24.6 Å². The third-order valence-corrected chi connectivity index (χ3v) is 6.33. The molecule has 158 valence electrons. The molecule has 1 aliphatic heterocycles. The zero-order valence-corrected chi connectivity index (χ0v) is 17.0. The number of carbonyl (C=O) groups excluding carboxylic acids is 2. The van der Waals surface area contributed by atoms with Crippen LogP contribution >= 0.6 is 11.6 Å². The highest BCUT2D eigenvalue weighted by molar-refractivity contribution is 6.31. The molecule has 30 heavy (non-hydrogen) atoms. The fraction of sp³-hybridized carbons (Fsp3) is 0.381. The summed E-state index contributed by atoms with van der Waals surface area (Å²) in [4.78, 5) is 31.0. The molecular formula is C21H21ClF2N4O2. The number of amides is 3. The van der Waals surface area contributed by atoms with E-state index < -0.39 is 40.1 Å². The molecule has 3 N–H and O–H groups in total. The van der Waals surface area contributed by atoms with Gasteiger partial charge in [-0.1, -0.05) is 23.7 Å². The Kier molecular flexibility index (Phi) is 5.13. The summed E-state index contributed by atoms with van der Waals surface area (Å²) in [5.41, 5.74) is 5.39. The van der Waals surface area contributed by atoms with Gasteiger partial charge in [0.25, 0.3) is 0 Å². The van der Waals surface area contributed by atoms with Crippen LogP contribution in [0.4, 0.5) is 13.6 Å². The van der Waals surface area contributed by atoms with Gasteiger partial charge in [0.05, 0.1) is 0 Å². The van der Waals surface area contributed by atoms with Crippen molar-refractivity contribution in [3.63, 3.8) is 0 Å². The average Bonchev–Trinajstić information content (AvgIpc) is 3.56. The summed E-state index contributed by atoms with van der Waals surface area (Å²) >= 11 is 5.84. The first-order valence-electron chi connectivity index (χ1n) is 9.69. The number of primary amides is 1. The number of nitrogens with two attached hydrogens (primary N) is 1. The maximum atomic E-state index is 15.1. The number of benzene rings is 1. The normalized spacial score (nSPS) is 22.5. The zero-order chi connectivity index (χ0) is 21.6. The van der Waals surface area contributed by atoms with E-state index in [1.807, 2.05) is 6.07 Å². The van der Waals surface area contributed by atoms with Crippen LogP contribution in [-0.2, 0) is 4.79 Å². The molecule has 2 atom stereocenters. The molecule has 6 nitrogen and oxygen atoms in total. The van der Waals surface area contributed by atoms with Gasteiger partial charge in [0, 0.05) is 42.4 Å². The minimum absolute atomic E-state index is 0.0202. The molecule has 1 aromatic heterocycles. The summed E-state index contributed by atoms with van der Waals surface area (Å²) in [5, 5.41) is 2.05. The van der Waals surface area contributed by atoms with E-state index in [1.165, 1.54) is 17.9 Å². The number of pyridine rings is 1. The number of halogens is 3. The summed E-state index contributed by atoms with van der Waals surface area (Å²) in [6.45, 7) is 1.89. The predicted octanol–water partition coefficient (Wildman–Crippen LogP) is 3.29. The van der Waals surface area contributed by atoms with Crippen LogP contribution in [0, 0.1) is 11.6 Å². The number of aromatic nitrogens is 1. The van der Waals surface area contributed by atoms with Gasteiger partial charge in [-0.05, 0) is 37.5 Å². The largest absolute Gasteiger partial charge is 0.352 e. The molecule has 2 heterocycles. The van der Waals surface area contributed by atoms with Gasteiger partial charge in [0.1, 0.15) is 22.2 Å². The Morgan fingerprint density at radius 2 is 2.07 bits per heavy atom. The van der Waals surface area contributed by atoms with Gasteiger partial charge in [-0.15, -0.1) is 0 Å². The number of hydrogen-bond acceptors (Lipinski definition) is 3. The van der Waals surface area contributed by atoms with Crippen molar-refractivity contribution in [2.45, 2.75) is 37.1 Å². The molecule has 9 heteroatoms. The van der Waals surface area contributed by atoms with Crippen molar-refractivity contribution in [1.29, 1.82) is 0 Å². The van der Waals surface area contributed by atoms with Crippen LogP contribution in [0.5, 0.6) is 0 Å². The highest BCUT2D eigenvalue weighted by atomic mass is 35.5. The molecule has 1 aliphatic carbocycles. The minimum atomic E-state index is -1.57. The maximum absolute atomic E-state index is 15.1. The zero-order valence-electron chi connectivity index (χ0n) is 16.3. The second kappa shape index (κ2) is 7.50. The summed E-state index contributed by atoms with van der Waals surface area (Å²) in [7, 11) is 0. The fourth-order valence-electron chi connectivity index (χ4n) is 4.22. The second-order valence-electron chi connectivity index (χ2n) is 7.88. The molecule has 3 amide bonds. The van der Waals surface area contributed by atoms with Crippen LogP contribution in [0.2, 0.25) is 5.02 Å². The van der Waals surface area contributed by atoms with Crippen molar-refractivity contribution in [2.24, 2.45) is 5.73 Å². The first kappa shape index (κ1) is 20.5. The maximum Gasteiger partial charge on any atom is 0.315 e. The monoisotopic (exact) mass is 434 g/mol. The Labute approximate surface area is 177 Å². The molecule has 2 aliphatic rings. The van der Waals surface area contributed by atoms with Crippen LogP contribution in [0.15, 0.2) is 30.5 Å². The van der Waals surface area contributed by atoms with Gasteiger partial charge in [-0.25, -0.2) is 13.6 Å². The van der Waals surface area contributed by atoms with Gasteiger partial charge < -0.3 is 16.0 Å². The topological polar surface area (TPSA) is 88.3 Å². The predicted molar refractivity (Wildman–Crippen MR) is 107 cm³/mol. The summed E-state index contributed by atoms with van der Waals surface area (Å²) in [6.07, 6.45) is 3.70. The highest BCUT2D eigenvalue weighted by Gasteiger charge is 2.52. The first-order chi connectivity index (χ1) is 14.2. The van der Waals surface area contributed by atoms with Crippen LogP contribution in [0.3, 0.4) is 0 Å². The summed E-state index contributed by atoms with van der Waals surface area (Å²) in [5.74, 6) is -3.00. The van der Waals surface area contributed by atoms with Gasteiger partial charge in [-0.3, -0.25) is 9.78 Å². The molecule has 4 rings (SSSR count). The lowest BCUT2D eigenvalue weighted by atomic mass is 9.73. The SMILES string of the molecule is CC1([C@@H](c2ccc(C3CC3)nc2)c2ccc(F)c(Cl)c2F)C(=O)NCCN1C(N)=O. The smallest absolute Gasteiger partial charge is 0.315 e. The molecule has 1 aromatic carbocycles. The van der Waals surface area contributed by atoms with Crippen molar-refractivity contribution in [3.8, 4) is 0 Å². The van der Waals surface area contributed by atoms with Crippen LogP contribution in [-0.4, -0.2) is 40.5 Å². The lowest BCUT2D eigenvalue weighted by Crippen LogP contribution is -2.68. The number of nitrogens with one attached hydrogen (secondary N) is 1. The third-order valence-electron chi connectivity index (χ3n) is 5.98. The Balaban J connectivity index is 1.92. The van der Waals surface area contributed by atoms with Gasteiger partial charge in [0.2, 0.25) is 5.91 Å². The van der Waals surface area contributed by atoms with Crippen molar-refractivity contribution >= 4 is 23.5 Å². The van der Waals surface area contributed by atoms with E-state index in [2.05, 4.69) is 10.3 Å². The molecule has 0 radical (unpaired) electrons. The van der Waals surface area contributed by atoms with Crippen molar-refractivity contribution in [1.82, 2.24) is 15.2 Å². The number of nitrogens with zero attached hydrogens (tertiary/aromatic N) is 2. The standard InChI is InChI=1S/C21H21ClF2N4O2/c1-21(19(29)26-8-9-28(21)20(25)30)16(13-5-6-14(23)17(22)18(13)24)12-4-7-15(27-10-12)11-2-3-11/h4-7,10-11,16H,2-3,8-9H2,1H3,(H2,25,30)(H,26,29)/t16-,21?/m0/s1. The van der Waals surface area contributed by atoms with Crippen LogP contribution in [0.25, 0.3) is 0 Å². The Hall–Kier alpha value is -2.74. The van der Waals surface area contributed by atoms with E-state index >= 15 is 4.39 Å². The number of rotatable bonds is 4. The van der Waals surface area contributed by atoms with Crippen LogP contribution < -0.4 is 11.1 Å². The number of urea groups is 1. The molecular weight excluding hydrogens is 414 g/mol. The van der Waals surface area contributed by atoms with Crippen molar-refractivity contribution in [3.05, 3.63) is 63.9 Å². The summed E-state index contributed by atoms with van der Waals surface area (Å²) < 4.78 is 29.0. The fourth-order valence-corrected chi connectivity index (χ4v) is 4.39. The minimum Gasteiger partial charge on any atom is -0.352 e. The number of carbonyl (C=O) groups is 2. The molecule has 1 unspecified atom stereocenters. The van der Waals surface area contributed by atoms with E-state index in [9.17, 15) is 14.0 Å². The van der Waals surface area contributed by atoms with E-state index in [1.54, 1.807) is 12.3 Å². The average molecular weight is 435 g/mol. The third kappa shape index (κ3) is 3.29. The lowest BCUT2D eigenvalue weighted by molar-refractivity contribution is -0.134. The first-order valence-corrected chi connectivity index (χ1v) is 10.1. The quantitative estimate of drug-likeness (QED) is 0.724. The molecule has 1 saturated heterocycles. The van der Waals surface area contributed by atoms with Crippen molar-refractivity contribution in [2.75, 3.05) is 13.1 Å². The molecule has 2 fully saturated rings. The van der Waals surface area contributed by atoms with E-state index in [4.69, 9.17) is 17.3 Å². The molecule has 1 saturated carbocycles. The number of piperazine rings is 1. The Morgan fingerprint density at radius 1 is 1.33 bits per heavy atom. The lowest BCUT2D eigenvalue weighted by Gasteiger charge is -2.47. The number of hydrogen-bond donors (Lipinski definition) is 2. The Morgan fingerprint density at radius 3 is 2.67 bits per heavy atom. The van der Waals surface area contributed by atoms with Crippen LogP contribution in [0.1, 0.15) is 48.4 Å². The van der Waals surface area contributed by atoms with E-state index in [-0.39, 0.29) is 18.7 Å². The van der Waals surface area contributed by atoms with Crippen molar-refractivity contribution < 1.29 is 18.4 Å². The van der Waals surface area contributed by atoms with Gasteiger partial charge >= 0.3 is 6.03 Å². The van der Waals surface area contributed by atoms with E-state index in [0.29, 0.717) is 11.5 Å². The van der Waals surface area contributed by atoms with Gasteiger partial charge in [0.15, 0.2) is 0 Å². The molecule has 0 spiro atoms.